The molecule has 18 heavy (non-hydrogen) atoms. The van der Waals surface area contributed by atoms with E-state index in [-0.39, 0.29) is 0 Å². The number of aryl methyl sites for hydroxylation is 1. The highest BCUT2D eigenvalue weighted by Gasteiger charge is 2.29. The van der Waals surface area contributed by atoms with Crippen LogP contribution in [0.1, 0.15) is 25.3 Å². The van der Waals surface area contributed by atoms with Crippen LogP contribution < -0.4 is 10.1 Å². The summed E-state index contributed by atoms with van der Waals surface area (Å²) in [5, 5.41) is 14.3. The van der Waals surface area contributed by atoms with Crippen molar-refractivity contribution in [2.75, 3.05) is 19.7 Å². The van der Waals surface area contributed by atoms with Crippen LogP contribution in [0.4, 0.5) is 0 Å². The van der Waals surface area contributed by atoms with Gasteiger partial charge in [-0.25, -0.2) is 0 Å². The Labute approximate surface area is 113 Å². The molecule has 0 saturated carbocycles. The molecule has 0 bridgehead atoms. The fourth-order valence-electron chi connectivity index (χ4n) is 2.17. The standard InChI is InChI=1S/C14H20ClNO2/c1-2-11-9-12(3-4-13(11)15)18-10-14(17)5-7-16-8-6-14/h3-4,9,16-17H,2,5-8,10H2,1H3. The van der Waals surface area contributed by atoms with Gasteiger partial charge < -0.3 is 15.2 Å². The van der Waals surface area contributed by atoms with Gasteiger partial charge in [0.1, 0.15) is 18.0 Å². The lowest BCUT2D eigenvalue weighted by molar-refractivity contribution is -0.0286. The smallest absolute Gasteiger partial charge is 0.119 e. The summed E-state index contributed by atoms with van der Waals surface area (Å²) in [7, 11) is 0. The van der Waals surface area contributed by atoms with Gasteiger partial charge >= 0.3 is 0 Å². The van der Waals surface area contributed by atoms with E-state index in [0.29, 0.717) is 6.61 Å². The van der Waals surface area contributed by atoms with Crippen molar-refractivity contribution in [2.45, 2.75) is 31.8 Å². The van der Waals surface area contributed by atoms with Crippen LogP contribution in [0.25, 0.3) is 0 Å². The zero-order valence-corrected chi connectivity index (χ0v) is 11.5. The number of hydrogen-bond donors (Lipinski definition) is 2. The van der Waals surface area contributed by atoms with E-state index in [1.807, 2.05) is 18.2 Å². The van der Waals surface area contributed by atoms with E-state index in [2.05, 4.69) is 12.2 Å². The fourth-order valence-corrected chi connectivity index (χ4v) is 2.42. The number of ether oxygens (including phenoxy) is 1. The normalized spacial score (nSPS) is 18.6. The Morgan fingerprint density at radius 1 is 1.39 bits per heavy atom. The molecule has 1 heterocycles. The second-order valence-corrected chi connectivity index (χ2v) is 5.28. The van der Waals surface area contributed by atoms with Crippen molar-refractivity contribution in [3.05, 3.63) is 28.8 Å². The van der Waals surface area contributed by atoms with Crippen molar-refractivity contribution in [1.29, 1.82) is 0 Å². The first kappa shape index (κ1) is 13.7. The quantitative estimate of drug-likeness (QED) is 0.882. The minimum atomic E-state index is -0.697. The highest BCUT2D eigenvalue weighted by molar-refractivity contribution is 6.31. The zero-order valence-electron chi connectivity index (χ0n) is 10.7. The highest BCUT2D eigenvalue weighted by atomic mass is 35.5. The van der Waals surface area contributed by atoms with Crippen LogP contribution in [-0.2, 0) is 6.42 Å². The molecule has 1 fully saturated rings. The van der Waals surface area contributed by atoms with Gasteiger partial charge in [-0.1, -0.05) is 18.5 Å². The number of halogens is 1. The summed E-state index contributed by atoms with van der Waals surface area (Å²) >= 11 is 6.06. The zero-order chi connectivity index (χ0) is 13.0. The molecule has 0 aromatic heterocycles. The van der Waals surface area contributed by atoms with Crippen LogP contribution in [-0.4, -0.2) is 30.4 Å². The van der Waals surface area contributed by atoms with Crippen molar-refractivity contribution in [3.63, 3.8) is 0 Å². The lowest BCUT2D eigenvalue weighted by Gasteiger charge is -2.32. The molecule has 0 amide bonds. The highest BCUT2D eigenvalue weighted by Crippen LogP contribution is 2.25. The monoisotopic (exact) mass is 269 g/mol. The number of aliphatic hydroxyl groups is 1. The van der Waals surface area contributed by atoms with Crippen LogP contribution >= 0.6 is 11.6 Å². The molecule has 0 aliphatic carbocycles. The molecule has 1 aromatic rings. The van der Waals surface area contributed by atoms with Gasteiger partial charge in [0.2, 0.25) is 0 Å². The van der Waals surface area contributed by atoms with Crippen molar-refractivity contribution >= 4 is 11.6 Å². The van der Waals surface area contributed by atoms with E-state index in [9.17, 15) is 5.11 Å². The van der Waals surface area contributed by atoms with Crippen LogP contribution in [0, 0.1) is 0 Å². The van der Waals surface area contributed by atoms with E-state index in [1.165, 1.54) is 0 Å². The van der Waals surface area contributed by atoms with Crippen molar-refractivity contribution in [2.24, 2.45) is 0 Å². The lowest BCUT2D eigenvalue weighted by atomic mass is 9.93. The van der Waals surface area contributed by atoms with E-state index < -0.39 is 5.60 Å². The summed E-state index contributed by atoms with van der Waals surface area (Å²) in [6.45, 7) is 4.10. The van der Waals surface area contributed by atoms with E-state index in [4.69, 9.17) is 16.3 Å². The molecule has 1 aromatic carbocycles. The molecular formula is C14H20ClNO2. The van der Waals surface area contributed by atoms with E-state index in [1.54, 1.807) is 0 Å². The van der Waals surface area contributed by atoms with Crippen LogP contribution in [0.15, 0.2) is 18.2 Å². The minimum Gasteiger partial charge on any atom is -0.491 e. The number of rotatable bonds is 4. The summed E-state index contributed by atoms with van der Waals surface area (Å²) in [6.07, 6.45) is 2.35. The molecule has 0 atom stereocenters. The molecule has 0 radical (unpaired) electrons. The number of piperidine rings is 1. The molecule has 2 N–H and O–H groups in total. The van der Waals surface area contributed by atoms with Crippen molar-refractivity contribution < 1.29 is 9.84 Å². The summed E-state index contributed by atoms with van der Waals surface area (Å²) in [4.78, 5) is 0. The van der Waals surface area contributed by atoms with Gasteiger partial charge in [0.15, 0.2) is 0 Å². The van der Waals surface area contributed by atoms with Gasteiger partial charge in [0.25, 0.3) is 0 Å². The Hall–Kier alpha value is -0.770. The molecule has 4 heteroatoms. The second kappa shape index (κ2) is 5.91. The molecule has 3 nitrogen and oxygen atoms in total. The first-order valence-electron chi connectivity index (χ1n) is 6.47. The Bertz CT molecular complexity index is 403. The van der Waals surface area contributed by atoms with Crippen LogP contribution in [0.2, 0.25) is 5.02 Å². The van der Waals surface area contributed by atoms with Crippen molar-refractivity contribution in [3.8, 4) is 5.75 Å². The average molecular weight is 270 g/mol. The SMILES string of the molecule is CCc1cc(OCC2(O)CCNCC2)ccc1Cl. The first-order valence-corrected chi connectivity index (χ1v) is 6.85. The second-order valence-electron chi connectivity index (χ2n) is 4.87. The van der Waals surface area contributed by atoms with Gasteiger partial charge in [0, 0.05) is 5.02 Å². The van der Waals surface area contributed by atoms with Crippen LogP contribution in [0.5, 0.6) is 5.75 Å². The Balaban J connectivity index is 1.97. The van der Waals surface area contributed by atoms with Gasteiger partial charge in [-0.15, -0.1) is 0 Å². The van der Waals surface area contributed by atoms with E-state index >= 15 is 0 Å². The minimum absolute atomic E-state index is 0.347. The van der Waals surface area contributed by atoms with Gasteiger partial charge in [-0.2, -0.15) is 0 Å². The maximum Gasteiger partial charge on any atom is 0.119 e. The number of nitrogens with one attached hydrogen (secondary N) is 1. The fraction of sp³-hybridized carbons (Fsp3) is 0.571. The predicted octanol–water partition coefficient (Wildman–Crippen LogP) is 2.40. The molecule has 1 aliphatic rings. The molecule has 1 aliphatic heterocycles. The predicted molar refractivity (Wildman–Crippen MR) is 73.4 cm³/mol. The Morgan fingerprint density at radius 2 is 2.11 bits per heavy atom. The molecular weight excluding hydrogens is 250 g/mol. The summed E-state index contributed by atoms with van der Waals surface area (Å²) < 4.78 is 5.71. The van der Waals surface area contributed by atoms with Crippen molar-refractivity contribution in [1.82, 2.24) is 5.32 Å². The molecule has 0 spiro atoms. The van der Waals surface area contributed by atoms with Gasteiger partial charge in [-0.05, 0) is 56.1 Å². The van der Waals surface area contributed by atoms with E-state index in [0.717, 1.165) is 48.7 Å². The average Bonchev–Trinajstić information content (AvgIpc) is 2.39. The maximum atomic E-state index is 10.3. The number of hydrogen-bond acceptors (Lipinski definition) is 3. The molecule has 100 valence electrons. The lowest BCUT2D eigenvalue weighted by Crippen LogP contribution is -2.45. The first-order chi connectivity index (χ1) is 8.63. The summed E-state index contributed by atoms with van der Waals surface area (Å²) in [6, 6.07) is 5.65. The summed E-state index contributed by atoms with van der Waals surface area (Å²) in [5.41, 5.74) is 0.378. The molecule has 0 unspecified atom stereocenters. The maximum absolute atomic E-state index is 10.3. The summed E-state index contributed by atoms with van der Waals surface area (Å²) in [5.74, 6) is 0.781. The number of benzene rings is 1. The molecule has 2 rings (SSSR count). The Morgan fingerprint density at radius 3 is 2.78 bits per heavy atom. The molecule has 1 saturated heterocycles. The van der Waals surface area contributed by atoms with Crippen LogP contribution in [0.3, 0.4) is 0 Å². The third-order valence-electron chi connectivity index (χ3n) is 3.44. The van der Waals surface area contributed by atoms with Gasteiger partial charge in [-0.3, -0.25) is 0 Å². The third-order valence-corrected chi connectivity index (χ3v) is 3.81. The topological polar surface area (TPSA) is 41.5 Å². The largest absolute Gasteiger partial charge is 0.491 e. The third kappa shape index (κ3) is 3.37. The van der Waals surface area contributed by atoms with Gasteiger partial charge in [0.05, 0.1) is 0 Å². The Kier molecular flexibility index (Phi) is 4.49.